The summed E-state index contributed by atoms with van der Waals surface area (Å²) >= 11 is 0. The minimum Gasteiger partial charge on any atom is -0.103 e. The number of hydrogen-bond donors (Lipinski definition) is 0. The van der Waals surface area contributed by atoms with Crippen molar-refractivity contribution in [3.8, 4) is 0 Å². The lowest BCUT2D eigenvalue weighted by Gasteiger charge is -2.10. The zero-order valence-corrected chi connectivity index (χ0v) is 11.8. The second kappa shape index (κ2) is 4.75. The van der Waals surface area contributed by atoms with Crippen LogP contribution in [0.3, 0.4) is 0 Å². The van der Waals surface area contributed by atoms with Crippen molar-refractivity contribution in [1.82, 2.24) is 0 Å². The third-order valence-electron chi connectivity index (χ3n) is 4.24. The van der Waals surface area contributed by atoms with Crippen LogP contribution in [-0.4, -0.2) is 0 Å². The van der Waals surface area contributed by atoms with Gasteiger partial charge in [0.25, 0.3) is 0 Å². The standard InChI is InChI=1S/C21H16/c1-2-6-15-8-5-10-19-18(15)13-14-20-17-9-4-3-7-16(17)11-12-21(19)20/h2-5,7-14H,1,6H2. The molecule has 0 unspecified atom stereocenters. The zero-order valence-electron chi connectivity index (χ0n) is 11.8. The summed E-state index contributed by atoms with van der Waals surface area (Å²) < 4.78 is 0. The van der Waals surface area contributed by atoms with E-state index in [1.54, 1.807) is 0 Å². The maximum atomic E-state index is 3.87. The van der Waals surface area contributed by atoms with Crippen LogP contribution >= 0.6 is 0 Å². The third-order valence-corrected chi connectivity index (χ3v) is 4.24. The van der Waals surface area contributed by atoms with E-state index < -0.39 is 0 Å². The van der Waals surface area contributed by atoms with E-state index in [2.05, 4.69) is 73.3 Å². The molecule has 0 spiro atoms. The molecule has 0 radical (unpaired) electrons. The normalized spacial score (nSPS) is 11.2. The van der Waals surface area contributed by atoms with Gasteiger partial charge in [0.15, 0.2) is 0 Å². The maximum Gasteiger partial charge on any atom is -0.00940 e. The monoisotopic (exact) mass is 268 g/mol. The first kappa shape index (κ1) is 12.2. The van der Waals surface area contributed by atoms with E-state index in [-0.39, 0.29) is 0 Å². The second-order valence-electron chi connectivity index (χ2n) is 5.45. The summed E-state index contributed by atoms with van der Waals surface area (Å²) in [5, 5.41) is 7.95. The van der Waals surface area contributed by atoms with Gasteiger partial charge in [0, 0.05) is 0 Å². The van der Waals surface area contributed by atoms with Gasteiger partial charge in [0.1, 0.15) is 0 Å². The van der Waals surface area contributed by atoms with E-state index in [9.17, 15) is 0 Å². The molecule has 0 fully saturated rings. The fourth-order valence-electron chi connectivity index (χ4n) is 3.25. The van der Waals surface area contributed by atoms with Crippen molar-refractivity contribution in [3.05, 3.63) is 84.9 Å². The zero-order chi connectivity index (χ0) is 14.2. The van der Waals surface area contributed by atoms with Crippen molar-refractivity contribution in [2.24, 2.45) is 0 Å². The van der Waals surface area contributed by atoms with Crippen molar-refractivity contribution >= 4 is 32.3 Å². The molecule has 0 heterocycles. The highest BCUT2D eigenvalue weighted by Gasteiger charge is 2.06. The first-order valence-electron chi connectivity index (χ1n) is 7.31. The van der Waals surface area contributed by atoms with E-state index in [1.807, 2.05) is 6.08 Å². The molecule has 0 aliphatic heterocycles. The van der Waals surface area contributed by atoms with Crippen molar-refractivity contribution in [2.75, 3.05) is 0 Å². The molecular weight excluding hydrogens is 252 g/mol. The summed E-state index contributed by atoms with van der Waals surface area (Å²) in [5.41, 5.74) is 1.34. The van der Waals surface area contributed by atoms with Crippen molar-refractivity contribution in [3.63, 3.8) is 0 Å². The molecular formula is C21H16. The molecule has 0 aliphatic rings. The van der Waals surface area contributed by atoms with E-state index >= 15 is 0 Å². The van der Waals surface area contributed by atoms with Crippen LogP contribution < -0.4 is 0 Å². The Kier molecular flexibility index (Phi) is 2.75. The lowest BCUT2D eigenvalue weighted by molar-refractivity contribution is 1.31. The molecule has 0 aromatic heterocycles. The fraction of sp³-hybridized carbons (Fsp3) is 0.0476. The summed E-state index contributed by atoms with van der Waals surface area (Å²) in [6.07, 6.45) is 2.88. The van der Waals surface area contributed by atoms with Crippen LogP contribution in [0.1, 0.15) is 5.56 Å². The Labute approximate surface area is 124 Å². The molecule has 0 atom stereocenters. The summed E-state index contributed by atoms with van der Waals surface area (Å²) in [6, 6.07) is 24.1. The Hall–Kier alpha value is -2.60. The minimum atomic E-state index is 0.913. The lowest BCUT2D eigenvalue weighted by atomic mass is 9.94. The molecule has 0 aliphatic carbocycles. The molecule has 4 rings (SSSR count). The van der Waals surface area contributed by atoms with Crippen LogP contribution in [0.25, 0.3) is 32.3 Å². The number of hydrogen-bond acceptors (Lipinski definition) is 0. The van der Waals surface area contributed by atoms with Crippen LogP contribution in [0.2, 0.25) is 0 Å². The second-order valence-corrected chi connectivity index (χ2v) is 5.45. The molecule has 0 amide bonds. The molecule has 4 aromatic carbocycles. The predicted octanol–water partition coefficient (Wildman–Crippen LogP) is 5.87. The Balaban J connectivity index is 2.17. The van der Waals surface area contributed by atoms with Gasteiger partial charge in [-0.05, 0) is 44.3 Å². The highest BCUT2D eigenvalue weighted by atomic mass is 14.1. The van der Waals surface area contributed by atoms with Crippen LogP contribution in [0.15, 0.2) is 79.4 Å². The SMILES string of the molecule is C=CCc1cccc2c1ccc1c3ccccc3ccc21. The molecule has 0 saturated carbocycles. The molecule has 21 heavy (non-hydrogen) atoms. The van der Waals surface area contributed by atoms with Crippen LogP contribution in [0.4, 0.5) is 0 Å². The van der Waals surface area contributed by atoms with Gasteiger partial charge in [-0.1, -0.05) is 72.8 Å². The van der Waals surface area contributed by atoms with Crippen LogP contribution in [0.5, 0.6) is 0 Å². The Morgan fingerprint density at radius 2 is 1.29 bits per heavy atom. The summed E-state index contributed by atoms with van der Waals surface area (Å²) in [4.78, 5) is 0. The summed E-state index contributed by atoms with van der Waals surface area (Å²) in [6.45, 7) is 3.87. The van der Waals surface area contributed by atoms with Gasteiger partial charge in [0.2, 0.25) is 0 Å². The highest BCUT2D eigenvalue weighted by molar-refractivity contribution is 6.17. The van der Waals surface area contributed by atoms with Crippen LogP contribution in [-0.2, 0) is 6.42 Å². The molecule has 0 N–H and O–H groups in total. The smallest absolute Gasteiger partial charge is 0.00940 e. The van der Waals surface area contributed by atoms with Gasteiger partial charge >= 0.3 is 0 Å². The highest BCUT2D eigenvalue weighted by Crippen LogP contribution is 2.32. The van der Waals surface area contributed by atoms with Crippen molar-refractivity contribution in [1.29, 1.82) is 0 Å². The first-order chi connectivity index (χ1) is 10.4. The van der Waals surface area contributed by atoms with Crippen molar-refractivity contribution in [2.45, 2.75) is 6.42 Å². The van der Waals surface area contributed by atoms with Gasteiger partial charge < -0.3 is 0 Å². The Morgan fingerprint density at radius 1 is 0.619 bits per heavy atom. The number of allylic oxidation sites excluding steroid dienone is 1. The molecule has 0 saturated heterocycles. The molecule has 0 bridgehead atoms. The third kappa shape index (κ3) is 1.84. The summed E-state index contributed by atoms with van der Waals surface area (Å²) in [7, 11) is 0. The largest absolute Gasteiger partial charge is 0.103 e. The maximum absolute atomic E-state index is 3.87. The fourth-order valence-corrected chi connectivity index (χ4v) is 3.25. The Bertz CT molecular complexity index is 977. The van der Waals surface area contributed by atoms with Gasteiger partial charge in [-0.3, -0.25) is 0 Å². The van der Waals surface area contributed by atoms with Crippen LogP contribution in [0, 0.1) is 0 Å². The predicted molar refractivity (Wildman–Crippen MR) is 92.9 cm³/mol. The van der Waals surface area contributed by atoms with E-state index in [1.165, 1.54) is 37.9 Å². The average Bonchev–Trinajstić information content (AvgIpc) is 2.55. The Morgan fingerprint density at radius 3 is 2.19 bits per heavy atom. The van der Waals surface area contributed by atoms with Gasteiger partial charge in [0.05, 0.1) is 0 Å². The van der Waals surface area contributed by atoms with E-state index in [4.69, 9.17) is 0 Å². The van der Waals surface area contributed by atoms with Crippen molar-refractivity contribution < 1.29 is 0 Å². The molecule has 4 aromatic rings. The number of rotatable bonds is 2. The lowest BCUT2D eigenvalue weighted by Crippen LogP contribution is -1.86. The minimum absolute atomic E-state index is 0.913. The topological polar surface area (TPSA) is 0 Å². The quantitative estimate of drug-likeness (QED) is 0.315. The average molecular weight is 268 g/mol. The number of benzene rings is 4. The van der Waals surface area contributed by atoms with Gasteiger partial charge in [-0.2, -0.15) is 0 Å². The molecule has 0 nitrogen and oxygen atoms in total. The first-order valence-corrected chi connectivity index (χ1v) is 7.31. The molecule has 100 valence electrons. The summed E-state index contributed by atoms with van der Waals surface area (Å²) in [5.74, 6) is 0. The van der Waals surface area contributed by atoms with Gasteiger partial charge in [-0.15, -0.1) is 6.58 Å². The molecule has 0 heteroatoms. The van der Waals surface area contributed by atoms with E-state index in [0.717, 1.165) is 6.42 Å². The number of fused-ring (bicyclic) bond motifs is 5. The van der Waals surface area contributed by atoms with E-state index in [0.29, 0.717) is 0 Å². The van der Waals surface area contributed by atoms with Gasteiger partial charge in [-0.25, -0.2) is 0 Å².